The van der Waals surface area contributed by atoms with Crippen LogP contribution < -0.4 is 4.90 Å². The Balaban J connectivity index is 1.79. The normalized spacial score (nSPS) is 11.0. The van der Waals surface area contributed by atoms with Crippen molar-refractivity contribution in [2.75, 3.05) is 4.90 Å². The molecule has 0 N–H and O–H groups in total. The summed E-state index contributed by atoms with van der Waals surface area (Å²) in [6.45, 7) is 0.306. The summed E-state index contributed by atoms with van der Waals surface area (Å²) in [5.74, 6) is -0.644. The number of hydrogen-bond acceptors (Lipinski definition) is 3. The van der Waals surface area contributed by atoms with Gasteiger partial charge in [0.05, 0.1) is 27.3 Å². The van der Waals surface area contributed by atoms with Crippen LogP contribution in [-0.4, -0.2) is 10.9 Å². The van der Waals surface area contributed by atoms with Crippen molar-refractivity contribution in [3.8, 4) is 0 Å². The molecule has 0 spiro atoms. The van der Waals surface area contributed by atoms with Crippen LogP contribution in [0.3, 0.4) is 0 Å². The molecular formula is C21H13Cl2FN2OS. The average molecular weight is 431 g/mol. The van der Waals surface area contributed by atoms with Crippen molar-refractivity contribution in [2.45, 2.75) is 6.54 Å². The highest BCUT2D eigenvalue weighted by molar-refractivity contribution is 7.22. The third kappa shape index (κ3) is 3.87. The lowest BCUT2D eigenvalue weighted by molar-refractivity contribution is 0.0985. The number of aromatic nitrogens is 1. The van der Waals surface area contributed by atoms with Crippen molar-refractivity contribution in [3.63, 3.8) is 0 Å². The van der Waals surface area contributed by atoms with Crippen LogP contribution in [0.1, 0.15) is 15.9 Å². The van der Waals surface area contributed by atoms with Crippen molar-refractivity contribution < 1.29 is 9.18 Å². The first-order valence-electron chi connectivity index (χ1n) is 8.38. The van der Waals surface area contributed by atoms with Gasteiger partial charge in [-0.05, 0) is 42.0 Å². The van der Waals surface area contributed by atoms with Gasteiger partial charge in [0.1, 0.15) is 5.82 Å². The zero-order chi connectivity index (χ0) is 19.7. The molecule has 0 radical (unpaired) electrons. The van der Waals surface area contributed by atoms with Crippen LogP contribution in [0.2, 0.25) is 10.0 Å². The molecule has 4 rings (SSSR count). The Labute approximate surface area is 175 Å². The first kappa shape index (κ1) is 18.9. The maximum Gasteiger partial charge on any atom is 0.261 e. The number of halogens is 3. The number of anilines is 1. The lowest BCUT2D eigenvalue weighted by Crippen LogP contribution is -2.30. The highest BCUT2D eigenvalue weighted by atomic mass is 35.5. The Morgan fingerprint density at radius 1 is 1.04 bits per heavy atom. The molecule has 140 valence electrons. The van der Waals surface area contributed by atoms with Gasteiger partial charge in [-0.2, -0.15) is 0 Å². The highest BCUT2D eigenvalue weighted by Crippen LogP contribution is 2.32. The molecule has 1 amide bonds. The van der Waals surface area contributed by atoms with Crippen LogP contribution in [0, 0.1) is 5.82 Å². The van der Waals surface area contributed by atoms with E-state index in [1.165, 1.54) is 29.5 Å². The second kappa shape index (κ2) is 7.87. The Hall–Kier alpha value is -2.47. The van der Waals surface area contributed by atoms with Gasteiger partial charge in [-0.15, -0.1) is 0 Å². The first-order chi connectivity index (χ1) is 13.5. The monoisotopic (exact) mass is 430 g/mol. The van der Waals surface area contributed by atoms with Crippen molar-refractivity contribution >= 4 is 55.8 Å². The summed E-state index contributed by atoms with van der Waals surface area (Å²) in [4.78, 5) is 19.4. The number of rotatable bonds is 4. The second-order valence-electron chi connectivity index (χ2n) is 6.11. The predicted octanol–water partition coefficient (Wildman–Crippen LogP) is 6.59. The summed E-state index contributed by atoms with van der Waals surface area (Å²) < 4.78 is 14.2. The number of carbonyl (C=O) groups is 1. The summed E-state index contributed by atoms with van der Waals surface area (Å²) in [6.07, 6.45) is 0. The molecule has 3 nitrogen and oxygen atoms in total. The summed E-state index contributed by atoms with van der Waals surface area (Å²) in [6, 6.07) is 18.7. The van der Waals surface area contributed by atoms with Gasteiger partial charge in [-0.3, -0.25) is 9.69 Å². The van der Waals surface area contributed by atoms with Crippen LogP contribution in [0.5, 0.6) is 0 Å². The van der Waals surface area contributed by atoms with Gasteiger partial charge in [0.25, 0.3) is 5.91 Å². The molecule has 0 aliphatic carbocycles. The molecule has 0 unspecified atom stereocenters. The molecule has 0 saturated carbocycles. The van der Waals surface area contributed by atoms with E-state index >= 15 is 0 Å². The quantitative estimate of drug-likeness (QED) is 0.365. The van der Waals surface area contributed by atoms with E-state index in [1.807, 2.05) is 30.3 Å². The van der Waals surface area contributed by atoms with E-state index in [0.717, 1.165) is 5.56 Å². The van der Waals surface area contributed by atoms with E-state index in [1.54, 1.807) is 23.1 Å². The Bertz CT molecular complexity index is 1160. The van der Waals surface area contributed by atoms with E-state index in [4.69, 9.17) is 23.2 Å². The minimum Gasteiger partial charge on any atom is -0.279 e. The van der Waals surface area contributed by atoms with Crippen molar-refractivity contribution in [3.05, 3.63) is 93.7 Å². The van der Waals surface area contributed by atoms with Gasteiger partial charge in [-0.25, -0.2) is 9.37 Å². The summed E-state index contributed by atoms with van der Waals surface area (Å²) in [5.41, 5.74) is 1.90. The SMILES string of the molecule is O=C(c1ccc(Cl)cc1Cl)N(Cc1ccccc1)c1nc2ccc(F)cc2s1. The van der Waals surface area contributed by atoms with Gasteiger partial charge < -0.3 is 0 Å². The molecule has 4 aromatic rings. The zero-order valence-electron chi connectivity index (χ0n) is 14.4. The molecule has 7 heteroatoms. The highest BCUT2D eigenvalue weighted by Gasteiger charge is 2.23. The smallest absolute Gasteiger partial charge is 0.261 e. The lowest BCUT2D eigenvalue weighted by Gasteiger charge is -2.20. The summed E-state index contributed by atoms with van der Waals surface area (Å²) in [7, 11) is 0. The lowest BCUT2D eigenvalue weighted by atomic mass is 10.1. The van der Waals surface area contributed by atoms with Crippen molar-refractivity contribution in [1.82, 2.24) is 4.98 Å². The second-order valence-corrected chi connectivity index (χ2v) is 7.96. The van der Waals surface area contributed by atoms with E-state index < -0.39 is 0 Å². The molecule has 1 aromatic heterocycles. The molecular weight excluding hydrogens is 418 g/mol. The number of amides is 1. The Morgan fingerprint density at radius 2 is 1.82 bits per heavy atom. The van der Waals surface area contributed by atoms with Crippen molar-refractivity contribution in [2.24, 2.45) is 0 Å². The molecule has 0 fully saturated rings. The molecule has 0 aliphatic heterocycles. The van der Waals surface area contributed by atoms with Crippen molar-refractivity contribution in [1.29, 1.82) is 0 Å². The molecule has 0 saturated heterocycles. The third-order valence-electron chi connectivity index (χ3n) is 4.16. The van der Waals surface area contributed by atoms with E-state index in [9.17, 15) is 9.18 Å². The maximum absolute atomic E-state index is 13.6. The first-order valence-corrected chi connectivity index (χ1v) is 9.95. The Morgan fingerprint density at radius 3 is 2.57 bits per heavy atom. The molecule has 28 heavy (non-hydrogen) atoms. The largest absolute Gasteiger partial charge is 0.279 e. The molecule has 1 heterocycles. The van der Waals surface area contributed by atoms with Crippen LogP contribution >= 0.6 is 34.5 Å². The van der Waals surface area contributed by atoms with Crippen LogP contribution in [0.15, 0.2) is 66.7 Å². The third-order valence-corrected chi connectivity index (χ3v) is 5.75. The topological polar surface area (TPSA) is 33.2 Å². The molecule has 0 atom stereocenters. The van der Waals surface area contributed by atoms with E-state index in [0.29, 0.717) is 32.5 Å². The van der Waals surface area contributed by atoms with Crippen LogP contribution in [0.4, 0.5) is 9.52 Å². The number of thiazole rings is 1. The molecule has 3 aromatic carbocycles. The molecule has 0 aliphatic rings. The van der Waals surface area contributed by atoms with Gasteiger partial charge in [-0.1, -0.05) is 64.9 Å². The standard InChI is InChI=1S/C21H13Cl2FN2OS/c22-14-6-8-16(17(23)10-14)20(27)26(12-13-4-2-1-3-5-13)21-25-18-9-7-15(24)11-19(18)28-21/h1-11H,12H2. The number of benzene rings is 3. The maximum atomic E-state index is 13.6. The fraction of sp³-hybridized carbons (Fsp3) is 0.0476. The number of carbonyl (C=O) groups excluding carboxylic acids is 1. The van der Waals surface area contributed by atoms with Crippen LogP contribution in [0.25, 0.3) is 10.2 Å². The van der Waals surface area contributed by atoms with E-state index in [-0.39, 0.29) is 16.7 Å². The summed E-state index contributed by atoms with van der Waals surface area (Å²) >= 11 is 13.5. The minimum atomic E-state index is -0.343. The average Bonchev–Trinajstić information content (AvgIpc) is 3.09. The van der Waals surface area contributed by atoms with Gasteiger partial charge in [0, 0.05) is 5.02 Å². The number of nitrogens with zero attached hydrogens (tertiary/aromatic N) is 2. The fourth-order valence-electron chi connectivity index (χ4n) is 2.80. The Kier molecular flexibility index (Phi) is 5.31. The minimum absolute atomic E-state index is 0.266. The van der Waals surface area contributed by atoms with Crippen LogP contribution in [-0.2, 0) is 6.54 Å². The fourth-order valence-corrected chi connectivity index (χ4v) is 4.28. The summed E-state index contributed by atoms with van der Waals surface area (Å²) in [5, 5.41) is 1.19. The zero-order valence-corrected chi connectivity index (χ0v) is 16.7. The number of fused-ring (bicyclic) bond motifs is 1. The number of hydrogen-bond donors (Lipinski definition) is 0. The van der Waals surface area contributed by atoms with Gasteiger partial charge >= 0.3 is 0 Å². The van der Waals surface area contributed by atoms with E-state index in [2.05, 4.69) is 4.98 Å². The van der Waals surface area contributed by atoms with Gasteiger partial charge in [0.2, 0.25) is 0 Å². The molecule has 0 bridgehead atoms. The predicted molar refractivity (Wildman–Crippen MR) is 113 cm³/mol. The van der Waals surface area contributed by atoms with Gasteiger partial charge in [0.15, 0.2) is 5.13 Å².